The Hall–Kier alpha value is -2.49. The molecule has 164 valence electrons. The summed E-state index contributed by atoms with van der Waals surface area (Å²) >= 11 is 0. The molecule has 0 saturated heterocycles. The number of hydrogen-bond acceptors (Lipinski definition) is 2. The molecule has 2 N–H and O–H groups in total. The van der Waals surface area contributed by atoms with E-state index in [4.69, 9.17) is 4.74 Å². The smallest absolute Gasteiger partial charge is 0.319 e. The van der Waals surface area contributed by atoms with Crippen LogP contribution >= 0.6 is 0 Å². The van der Waals surface area contributed by atoms with E-state index in [0.717, 1.165) is 50.0 Å². The Morgan fingerprint density at radius 2 is 1.52 bits per heavy atom. The summed E-state index contributed by atoms with van der Waals surface area (Å²) in [6, 6.07) is 0.0828. The lowest BCUT2D eigenvalue weighted by molar-refractivity contribution is 0.0815. The van der Waals surface area contributed by atoms with Crippen molar-refractivity contribution in [2.75, 3.05) is 0 Å². The molecule has 1 saturated carbocycles. The Morgan fingerprint density at radius 1 is 0.897 bits per heavy atom. The maximum absolute atomic E-state index is 12.2. The number of allylic oxidation sites excluding steroid dienone is 10. The molecule has 0 aliphatic heterocycles. The van der Waals surface area contributed by atoms with Gasteiger partial charge in [0.1, 0.15) is 5.76 Å². The first-order valence-corrected chi connectivity index (χ1v) is 11.1. The molecule has 0 spiro atoms. The summed E-state index contributed by atoms with van der Waals surface area (Å²) in [7, 11) is 0. The average molecular weight is 403 g/mol. The maximum atomic E-state index is 12.2. The molecule has 29 heavy (non-hydrogen) atoms. The van der Waals surface area contributed by atoms with Crippen molar-refractivity contribution < 1.29 is 12.4 Å². The molecule has 3 aliphatic carbocycles. The molecule has 0 unspecified atom stereocenters. The van der Waals surface area contributed by atoms with Gasteiger partial charge in [0.25, 0.3) is 0 Å². The number of carbonyl (C=O) groups is 1. The molecule has 2 amide bonds. The number of ether oxygens (including phenoxy) is 1. The van der Waals surface area contributed by atoms with Crippen molar-refractivity contribution in [2.24, 2.45) is 0 Å². The zero-order valence-corrected chi connectivity index (χ0v) is 18.5. The van der Waals surface area contributed by atoms with Gasteiger partial charge in [0.15, 0.2) is 0 Å². The molecule has 3 rings (SSSR count). The fourth-order valence-electron chi connectivity index (χ4n) is 3.17. The van der Waals surface area contributed by atoms with Gasteiger partial charge in [-0.05, 0) is 62.8 Å². The van der Waals surface area contributed by atoms with Crippen LogP contribution in [0, 0.1) is 0 Å². The molecule has 3 aliphatic rings. The van der Waals surface area contributed by atoms with E-state index < -0.39 is 0 Å². The summed E-state index contributed by atoms with van der Waals surface area (Å²) in [5.74, 6) is 0.933. The lowest BCUT2D eigenvalue weighted by Crippen LogP contribution is -2.43. The molecular weight excluding hydrogens is 360 g/mol. The highest BCUT2D eigenvalue weighted by Gasteiger charge is 2.23. The fraction of sp³-hybridized carbons (Fsp3) is 0.480. The van der Waals surface area contributed by atoms with Gasteiger partial charge in [0, 0.05) is 14.6 Å². The third-order valence-electron chi connectivity index (χ3n) is 4.50. The molecule has 0 atom stereocenters. The average Bonchev–Trinajstić information content (AvgIpc) is 3.17. The van der Waals surface area contributed by atoms with Crippen molar-refractivity contribution in [3.05, 3.63) is 72.2 Å². The van der Waals surface area contributed by atoms with E-state index in [1.54, 1.807) is 0 Å². The van der Waals surface area contributed by atoms with Gasteiger partial charge in [-0.3, -0.25) is 0 Å². The first-order valence-electron chi connectivity index (χ1n) is 11.1. The predicted octanol–water partition coefficient (Wildman–Crippen LogP) is 6.96. The van der Waals surface area contributed by atoms with Crippen molar-refractivity contribution in [2.45, 2.75) is 78.4 Å². The molecule has 4 heteroatoms. The molecule has 0 aromatic heterocycles. The van der Waals surface area contributed by atoms with Crippen LogP contribution in [0.2, 0.25) is 0 Å². The third-order valence-corrected chi connectivity index (χ3v) is 4.50. The van der Waals surface area contributed by atoms with Crippen molar-refractivity contribution in [1.82, 2.24) is 10.6 Å². The van der Waals surface area contributed by atoms with Crippen molar-refractivity contribution in [1.29, 1.82) is 0 Å². The Bertz CT molecular complexity index is 656. The van der Waals surface area contributed by atoms with Crippen LogP contribution in [0.4, 0.5) is 4.79 Å². The number of nitrogens with one attached hydrogen (secondary N) is 2. The number of hydrogen-bond donors (Lipinski definition) is 2. The van der Waals surface area contributed by atoms with Crippen LogP contribution in [0.1, 0.15) is 69.1 Å². The lowest BCUT2D eigenvalue weighted by atomic mass is 9.93. The van der Waals surface area contributed by atoms with Crippen molar-refractivity contribution >= 4 is 6.03 Å². The minimum Gasteiger partial charge on any atom is -0.490 e. The quantitative estimate of drug-likeness (QED) is 0.534. The van der Waals surface area contributed by atoms with Crippen LogP contribution in [-0.2, 0) is 4.74 Å². The molecule has 0 radical (unpaired) electrons. The third kappa shape index (κ3) is 10.0. The van der Waals surface area contributed by atoms with E-state index in [1.807, 2.05) is 70.2 Å². The van der Waals surface area contributed by atoms with Gasteiger partial charge in [-0.2, -0.15) is 0 Å². The Labute approximate surface area is 180 Å². The molecular formula is C25H42N2O2. The van der Waals surface area contributed by atoms with Gasteiger partial charge < -0.3 is 15.4 Å². The van der Waals surface area contributed by atoms with Gasteiger partial charge in [-0.1, -0.05) is 64.2 Å². The van der Waals surface area contributed by atoms with Crippen molar-refractivity contribution in [3.63, 3.8) is 0 Å². The summed E-state index contributed by atoms with van der Waals surface area (Å²) in [6.45, 7) is 8.00. The molecule has 0 bridgehead atoms. The Balaban J connectivity index is 0. The maximum Gasteiger partial charge on any atom is 0.319 e. The van der Waals surface area contributed by atoms with Gasteiger partial charge in [-0.15, -0.1) is 0 Å². The fourth-order valence-corrected chi connectivity index (χ4v) is 3.17. The van der Waals surface area contributed by atoms with E-state index in [-0.39, 0.29) is 21.0 Å². The molecule has 0 heterocycles. The highest BCUT2D eigenvalue weighted by atomic mass is 16.5. The first kappa shape index (κ1) is 24.5. The molecule has 1 fully saturated rings. The van der Waals surface area contributed by atoms with Gasteiger partial charge in [0.05, 0.1) is 6.10 Å². The second kappa shape index (κ2) is 15.4. The Morgan fingerprint density at radius 3 is 2.21 bits per heavy atom. The summed E-state index contributed by atoms with van der Waals surface area (Å²) in [4.78, 5) is 12.2. The number of carbonyl (C=O) groups excluding carboxylic acids is 1. The van der Waals surface area contributed by atoms with E-state index in [9.17, 15) is 4.79 Å². The van der Waals surface area contributed by atoms with Crippen molar-refractivity contribution in [3.8, 4) is 0 Å². The number of rotatable bonds is 4. The van der Waals surface area contributed by atoms with Crippen LogP contribution in [-0.4, -0.2) is 18.2 Å². The highest BCUT2D eigenvalue weighted by Crippen LogP contribution is 2.24. The van der Waals surface area contributed by atoms with E-state index in [1.165, 1.54) is 0 Å². The minimum atomic E-state index is -0.130. The van der Waals surface area contributed by atoms with Crippen LogP contribution in [0.15, 0.2) is 72.2 Å². The van der Waals surface area contributed by atoms with Crippen LogP contribution in [0.3, 0.4) is 0 Å². The second-order valence-corrected chi connectivity index (χ2v) is 6.51. The van der Waals surface area contributed by atoms with Gasteiger partial charge >= 0.3 is 6.03 Å². The van der Waals surface area contributed by atoms with Crippen LogP contribution in [0.25, 0.3) is 0 Å². The summed E-state index contributed by atoms with van der Waals surface area (Å²) < 4.78 is 6.07. The Kier molecular flexibility index (Phi) is 13.1. The number of amides is 2. The SMILES string of the molecule is CC.CC.O=C(NC1=CC=CCC=C1)NC1CCC(OC2=CC=CCC=C2)CC1.[HH].[HH]. The normalized spacial score (nSPS) is 22.3. The second-order valence-electron chi connectivity index (χ2n) is 6.51. The van der Waals surface area contributed by atoms with E-state index in [2.05, 4.69) is 28.9 Å². The molecule has 4 nitrogen and oxygen atoms in total. The summed E-state index contributed by atoms with van der Waals surface area (Å²) in [6.07, 6.45) is 26.1. The van der Waals surface area contributed by atoms with Gasteiger partial charge in [-0.25, -0.2) is 4.79 Å². The van der Waals surface area contributed by atoms with Crippen LogP contribution < -0.4 is 10.6 Å². The van der Waals surface area contributed by atoms with E-state index in [0.29, 0.717) is 0 Å². The molecule has 0 aromatic carbocycles. The molecule has 0 aromatic rings. The first-order chi connectivity index (χ1) is 14.3. The topological polar surface area (TPSA) is 50.4 Å². The zero-order valence-electron chi connectivity index (χ0n) is 18.5. The zero-order chi connectivity index (χ0) is 21.3. The standard InChI is InChI=1S/C21H26N2O2.2C2H6.2H2/c24-21(22-17-9-5-1-2-6-10-17)23-18-13-15-20(16-14-18)25-19-11-7-3-4-8-12-19;2*1-2;;/h1,3,5-12,18,20H,2,4,13-16H2,(H2,22,23,24);2*1-2H3;2*1H. The monoisotopic (exact) mass is 402 g/mol. The lowest BCUT2D eigenvalue weighted by Gasteiger charge is -2.29. The largest absolute Gasteiger partial charge is 0.490 e. The summed E-state index contributed by atoms with van der Waals surface area (Å²) in [5.41, 5.74) is 0.823. The minimum absolute atomic E-state index is 0. The summed E-state index contributed by atoms with van der Waals surface area (Å²) in [5, 5.41) is 5.98. The van der Waals surface area contributed by atoms with Gasteiger partial charge in [0.2, 0.25) is 0 Å². The van der Waals surface area contributed by atoms with Crippen LogP contribution in [0.5, 0.6) is 0 Å². The van der Waals surface area contributed by atoms with E-state index >= 15 is 0 Å². The highest BCUT2D eigenvalue weighted by molar-refractivity contribution is 5.76. The number of urea groups is 1. The predicted molar refractivity (Wildman–Crippen MR) is 128 cm³/mol.